The zero-order valence-electron chi connectivity index (χ0n) is 12.7. The minimum absolute atomic E-state index is 0.194. The molecule has 2 amide bonds. The first-order valence-corrected chi connectivity index (χ1v) is 7.06. The molecule has 0 unspecified atom stereocenters. The fraction of sp³-hybridized carbons (Fsp3) is 0.375. The number of likely N-dealkylation sites (N-methyl/N-ethyl adjacent to an activating group) is 1. The molecule has 5 nitrogen and oxygen atoms in total. The minimum atomic E-state index is -0.553. The standard InChI is InChI=1S/C16H22N2O3/c1-4-17-16(20)12(3)18-15(19)11-8-13-6-9-14(10-7-13)21-5-2/h6-12H,4-5H2,1-3H3,(H,17,20)(H,18,19)/b11-8+/t12-/m0/s1. The van der Waals surface area contributed by atoms with Crippen molar-refractivity contribution in [1.82, 2.24) is 10.6 Å². The lowest BCUT2D eigenvalue weighted by atomic mass is 10.2. The molecule has 5 heteroatoms. The van der Waals surface area contributed by atoms with E-state index in [1.807, 2.05) is 38.1 Å². The zero-order valence-corrected chi connectivity index (χ0v) is 12.7. The second-order valence-electron chi connectivity index (χ2n) is 4.46. The van der Waals surface area contributed by atoms with Crippen LogP contribution in [-0.4, -0.2) is 31.0 Å². The monoisotopic (exact) mass is 290 g/mol. The molecular formula is C16H22N2O3. The van der Waals surface area contributed by atoms with Crippen LogP contribution in [0.15, 0.2) is 30.3 Å². The molecule has 0 aliphatic heterocycles. The predicted octanol–water partition coefficient (Wildman–Crippen LogP) is 1.74. The summed E-state index contributed by atoms with van der Waals surface area (Å²) < 4.78 is 5.34. The van der Waals surface area contributed by atoms with Crippen LogP contribution in [0.5, 0.6) is 5.75 Å². The SMILES string of the molecule is CCNC(=O)[C@H](C)NC(=O)/C=C/c1ccc(OCC)cc1. The van der Waals surface area contributed by atoms with Crippen LogP contribution < -0.4 is 15.4 Å². The second kappa shape index (κ2) is 8.79. The summed E-state index contributed by atoms with van der Waals surface area (Å²) in [5.41, 5.74) is 0.888. The van der Waals surface area contributed by atoms with Crippen molar-refractivity contribution in [2.75, 3.05) is 13.2 Å². The largest absolute Gasteiger partial charge is 0.494 e. The van der Waals surface area contributed by atoms with Gasteiger partial charge < -0.3 is 15.4 Å². The Bertz CT molecular complexity index is 495. The molecule has 0 saturated carbocycles. The first-order valence-electron chi connectivity index (χ1n) is 7.06. The fourth-order valence-corrected chi connectivity index (χ4v) is 1.67. The Balaban J connectivity index is 2.51. The molecule has 0 bridgehead atoms. The van der Waals surface area contributed by atoms with Gasteiger partial charge >= 0.3 is 0 Å². The molecule has 21 heavy (non-hydrogen) atoms. The van der Waals surface area contributed by atoms with E-state index >= 15 is 0 Å². The lowest BCUT2D eigenvalue weighted by molar-refractivity contribution is -0.126. The third-order valence-electron chi connectivity index (χ3n) is 2.72. The van der Waals surface area contributed by atoms with E-state index in [2.05, 4.69) is 10.6 Å². The van der Waals surface area contributed by atoms with E-state index in [1.165, 1.54) is 6.08 Å². The maximum absolute atomic E-state index is 11.7. The van der Waals surface area contributed by atoms with Crippen molar-refractivity contribution in [1.29, 1.82) is 0 Å². The topological polar surface area (TPSA) is 67.4 Å². The average Bonchev–Trinajstić information content (AvgIpc) is 2.47. The van der Waals surface area contributed by atoms with Crippen LogP contribution in [-0.2, 0) is 9.59 Å². The van der Waals surface area contributed by atoms with Crippen molar-refractivity contribution >= 4 is 17.9 Å². The summed E-state index contributed by atoms with van der Waals surface area (Å²) in [7, 11) is 0. The number of nitrogens with one attached hydrogen (secondary N) is 2. The molecule has 1 atom stereocenters. The third kappa shape index (κ3) is 6.12. The number of rotatable bonds is 7. The highest BCUT2D eigenvalue weighted by Gasteiger charge is 2.12. The van der Waals surface area contributed by atoms with Crippen LogP contribution in [0.3, 0.4) is 0 Å². The first kappa shape index (κ1) is 16.8. The van der Waals surface area contributed by atoms with Gasteiger partial charge in [0, 0.05) is 12.6 Å². The summed E-state index contributed by atoms with van der Waals surface area (Å²) in [5.74, 6) is 0.298. The molecule has 0 spiro atoms. The number of ether oxygens (including phenoxy) is 1. The van der Waals surface area contributed by atoms with Gasteiger partial charge in [0.1, 0.15) is 11.8 Å². The van der Waals surface area contributed by atoms with Crippen LogP contribution in [0.1, 0.15) is 26.3 Å². The van der Waals surface area contributed by atoms with Gasteiger partial charge in [-0.2, -0.15) is 0 Å². The van der Waals surface area contributed by atoms with Crippen molar-refractivity contribution in [3.05, 3.63) is 35.9 Å². The molecule has 0 heterocycles. The number of carbonyl (C=O) groups excluding carboxylic acids is 2. The van der Waals surface area contributed by atoms with Crippen LogP contribution >= 0.6 is 0 Å². The van der Waals surface area contributed by atoms with E-state index in [4.69, 9.17) is 4.74 Å². The van der Waals surface area contributed by atoms with E-state index in [9.17, 15) is 9.59 Å². The molecule has 0 aromatic heterocycles. The van der Waals surface area contributed by atoms with Gasteiger partial charge in [-0.3, -0.25) is 9.59 Å². The van der Waals surface area contributed by atoms with Crippen LogP contribution in [0.4, 0.5) is 0 Å². The predicted molar refractivity (Wildman–Crippen MR) is 82.9 cm³/mol. The lowest BCUT2D eigenvalue weighted by Crippen LogP contribution is -2.44. The highest BCUT2D eigenvalue weighted by Crippen LogP contribution is 2.12. The summed E-state index contributed by atoms with van der Waals surface area (Å²) in [4.78, 5) is 23.2. The first-order chi connectivity index (χ1) is 10.1. The van der Waals surface area contributed by atoms with Gasteiger partial charge in [-0.05, 0) is 44.5 Å². The summed E-state index contributed by atoms with van der Waals surface area (Å²) in [6.07, 6.45) is 3.10. The summed E-state index contributed by atoms with van der Waals surface area (Å²) in [5, 5.41) is 5.25. The Morgan fingerprint density at radius 2 is 1.90 bits per heavy atom. The van der Waals surface area contributed by atoms with Crippen molar-refractivity contribution in [2.45, 2.75) is 26.8 Å². The number of benzene rings is 1. The number of hydrogen-bond donors (Lipinski definition) is 2. The Hall–Kier alpha value is -2.30. The van der Waals surface area contributed by atoms with E-state index in [1.54, 1.807) is 13.0 Å². The molecule has 114 valence electrons. The maximum atomic E-state index is 11.7. The third-order valence-corrected chi connectivity index (χ3v) is 2.72. The Morgan fingerprint density at radius 1 is 1.24 bits per heavy atom. The summed E-state index contributed by atoms with van der Waals surface area (Å²) in [6.45, 7) is 6.57. The highest BCUT2D eigenvalue weighted by molar-refractivity contribution is 5.95. The zero-order chi connectivity index (χ0) is 15.7. The maximum Gasteiger partial charge on any atom is 0.244 e. The van der Waals surface area contributed by atoms with E-state index in [0.29, 0.717) is 13.2 Å². The summed E-state index contributed by atoms with van der Waals surface area (Å²) >= 11 is 0. The average molecular weight is 290 g/mol. The van der Waals surface area contributed by atoms with Crippen LogP contribution in [0.25, 0.3) is 6.08 Å². The molecule has 0 saturated heterocycles. The molecule has 1 aromatic carbocycles. The molecule has 1 rings (SSSR count). The smallest absolute Gasteiger partial charge is 0.244 e. The van der Waals surface area contributed by atoms with Gasteiger partial charge in [0.25, 0.3) is 0 Å². The van der Waals surface area contributed by atoms with Gasteiger partial charge in [-0.15, -0.1) is 0 Å². The van der Waals surface area contributed by atoms with Crippen molar-refractivity contribution in [2.24, 2.45) is 0 Å². The molecule has 0 fully saturated rings. The number of hydrogen-bond acceptors (Lipinski definition) is 3. The second-order valence-corrected chi connectivity index (χ2v) is 4.46. The van der Waals surface area contributed by atoms with Crippen molar-refractivity contribution in [3.63, 3.8) is 0 Å². The quantitative estimate of drug-likeness (QED) is 0.752. The van der Waals surface area contributed by atoms with Gasteiger partial charge in [0.05, 0.1) is 6.61 Å². The van der Waals surface area contributed by atoms with Crippen molar-refractivity contribution in [3.8, 4) is 5.75 Å². The van der Waals surface area contributed by atoms with Gasteiger partial charge in [0.2, 0.25) is 11.8 Å². The highest BCUT2D eigenvalue weighted by atomic mass is 16.5. The fourth-order valence-electron chi connectivity index (χ4n) is 1.67. The molecule has 0 radical (unpaired) electrons. The lowest BCUT2D eigenvalue weighted by Gasteiger charge is -2.11. The number of carbonyl (C=O) groups is 2. The van der Waals surface area contributed by atoms with Crippen LogP contribution in [0, 0.1) is 0 Å². The van der Waals surface area contributed by atoms with E-state index in [0.717, 1.165) is 11.3 Å². The van der Waals surface area contributed by atoms with E-state index < -0.39 is 6.04 Å². The normalized spacial score (nSPS) is 12.0. The van der Waals surface area contributed by atoms with E-state index in [-0.39, 0.29) is 11.8 Å². The number of amides is 2. The summed E-state index contributed by atoms with van der Waals surface area (Å²) in [6, 6.07) is 6.86. The molecule has 1 aromatic rings. The molecule has 0 aliphatic carbocycles. The Morgan fingerprint density at radius 3 is 2.48 bits per heavy atom. The van der Waals surface area contributed by atoms with Crippen molar-refractivity contribution < 1.29 is 14.3 Å². The van der Waals surface area contributed by atoms with Gasteiger partial charge in [0.15, 0.2) is 0 Å². The molecular weight excluding hydrogens is 268 g/mol. The van der Waals surface area contributed by atoms with Crippen LogP contribution in [0.2, 0.25) is 0 Å². The Kier molecular flexibility index (Phi) is 7.01. The minimum Gasteiger partial charge on any atom is -0.494 e. The Labute approximate surface area is 125 Å². The molecule has 2 N–H and O–H groups in total. The molecule has 0 aliphatic rings. The van der Waals surface area contributed by atoms with Gasteiger partial charge in [-0.1, -0.05) is 12.1 Å². The van der Waals surface area contributed by atoms with Gasteiger partial charge in [-0.25, -0.2) is 0 Å².